The van der Waals surface area contributed by atoms with Crippen molar-refractivity contribution in [1.82, 2.24) is 0 Å². The lowest BCUT2D eigenvalue weighted by molar-refractivity contribution is 0.0990. The normalized spacial score (nSPS) is 10.4. The lowest BCUT2D eigenvalue weighted by atomic mass is 9.93. The maximum absolute atomic E-state index is 12.8. The molecule has 0 unspecified atom stereocenters. The summed E-state index contributed by atoms with van der Waals surface area (Å²) in [6, 6.07) is 10.4. The summed E-state index contributed by atoms with van der Waals surface area (Å²) in [5.74, 6) is -0.328. The first-order valence-corrected chi connectivity index (χ1v) is 7.04. The van der Waals surface area contributed by atoms with E-state index in [-0.39, 0.29) is 11.6 Å². The highest BCUT2D eigenvalue weighted by atomic mass is 16.1. The molecular formula is C18H20N2O2. The number of hydrogen-bond acceptors (Lipinski definition) is 4. The minimum absolute atomic E-state index is 0.147. The molecule has 0 aliphatic carbocycles. The first-order chi connectivity index (χ1) is 10.3. The highest BCUT2D eigenvalue weighted by Gasteiger charge is 2.18. The van der Waals surface area contributed by atoms with Crippen molar-refractivity contribution >= 4 is 22.9 Å². The zero-order valence-electron chi connectivity index (χ0n) is 13.3. The van der Waals surface area contributed by atoms with Crippen LogP contribution in [0.2, 0.25) is 0 Å². The van der Waals surface area contributed by atoms with Gasteiger partial charge in [-0.2, -0.15) is 0 Å². The number of benzene rings is 2. The van der Waals surface area contributed by atoms with Gasteiger partial charge in [0.2, 0.25) is 0 Å². The second-order valence-corrected chi connectivity index (χ2v) is 5.58. The number of nitrogen functional groups attached to an aromatic ring is 1. The monoisotopic (exact) mass is 296 g/mol. The van der Waals surface area contributed by atoms with Crippen molar-refractivity contribution in [3.05, 3.63) is 58.7 Å². The number of hydrogen-bond donors (Lipinski definition) is 1. The number of rotatable bonds is 4. The molecule has 4 nitrogen and oxygen atoms in total. The zero-order valence-corrected chi connectivity index (χ0v) is 13.3. The zero-order chi connectivity index (χ0) is 16.4. The van der Waals surface area contributed by atoms with E-state index in [9.17, 15) is 9.59 Å². The molecule has 0 saturated heterocycles. The molecule has 0 heterocycles. The highest BCUT2D eigenvalue weighted by Crippen LogP contribution is 2.23. The Kier molecular flexibility index (Phi) is 4.31. The van der Waals surface area contributed by atoms with E-state index in [0.717, 1.165) is 11.3 Å². The number of anilines is 2. The Morgan fingerprint density at radius 1 is 0.955 bits per heavy atom. The molecule has 2 N–H and O–H groups in total. The number of nitrogens with zero attached hydrogens (tertiary/aromatic N) is 1. The van der Waals surface area contributed by atoms with Gasteiger partial charge in [0.15, 0.2) is 11.6 Å². The Morgan fingerprint density at radius 3 is 2.14 bits per heavy atom. The SMILES string of the molecule is CC(=O)c1ccc(N)cc1C(=O)c1ccc(N(C)C)cc1C. The Bertz CT molecular complexity index is 749. The molecule has 0 amide bonds. The van der Waals surface area contributed by atoms with Crippen LogP contribution in [0.5, 0.6) is 0 Å². The van der Waals surface area contributed by atoms with Crippen LogP contribution in [0.25, 0.3) is 0 Å². The maximum Gasteiger partial charge on any atom is 0.194 e. The van der Waals surface area contributed by atoms with Crippen LogP contribution >= 0.6 is 0 Å². The van der Waals surface area contributed by atoms with Gasteiger partial charge in [-0.1, -0.05) is 0 Å². The summed E-state index contributed by atoms with van der Waals surface area (Å²) in [6.45, 7) is 3.34. The van der Waals surface area contributed by atoms with Gasteiger partial charge in [-0.3, -0.25) is 9.59 Å². The largest absolute Gasteiger partial charge is 0.399 e. The Balaban J connectivity index is 2.53. The van der Waals surface area contributed by atoms with E-state index in [0.29, 0.717) is 22.4 Å². The van der Waals surface area contributed by atoms with E-state index < -0.39 is 0 Å². The summed E-state index contributed by atoms with van der Waals surface area (Å²) < 4.78 is 0. The standard InChI is InChI=1S/C18H20N2O2/c1-11-9-14(20(3)4)6-8-15(11)18(22)17-10-13(19)5-7-16(17)12(2)21/h5-10H,19H2,1-4H3. The second-order valence-electron chi connectivity index (χ2n) is 5.58. The van der Waals surface area contributed by atoms with Crippen LogP contribution in [0.1, 0.15) is 38.8 Å². The smallest absolute Gasteiger partial charge is 0.194 e. The van der Waals surface area contributed by atoms with Crippen molar-refractivity contribution in [1.29, 1.82) is 0 Å². The summed E-state index contributed by atoms with van der Waals surface area (Å²) in [7, 11) is 3.89. The third-order valence-corrected chi connectivity index (χ3v) is 3.64. The lowest BCUT2D eigenvalue weighted by Gasteiger charge is -2.15. The van der Waals surface area contributed by atoms with E-state index in [1.54, 1.807) is 24.3 Å². The predicted octanol–water partition coefficient (Wildman–Crippen LogP) is 3.08. The molecule has 2 aromatic rings. The molecule has 0 aliphatic heterocycles. The molecule has 2 aromatic carbocycles. The summed E-state index contributed by atoms with van der Waals surface area (Å²) in [5.41, 5.74) is 9.47. The number of aryl methyl sites for hydroxylation is 1. The van der Waals surface area contributed by atoms with Crippen molar-refractivity contribution in [3.8, 4) is 0 Å². The third-order valence-electron chi connectivity index (χ3n) is 3.64. The first kappa shape index (κ1) is 15.8. The van der Waals surface area contributed by atoms with Gasteiger partial charge in [-0.05, 0) is 55.8 Å². The predicted molar refractivity (Wildman–Crippen MR) is 89.8 cm³/mol. The van der Waals surface area contributed by atoms with Crippen LogP contribution < -0.4 is 10.6 Å². The van der Waals surface area contributed by atoms with Gasteiger partial charge < -0.3 is 10.6 Å². The Hall–Kier alpha value is -2.62. The molecule has 0 atom stereocenters. The van der Waals surface area contributed by atoms with Crippen LogP contribution in [0.4, 0.5) is 11.4 Å². The van der Waals surface area contributed by atoms with Gasteiger partial charge in [0.05, 0.1) is 0 Å². The fourth-order valence-electron chi connectivity index (χ4n) is 2.38. The van der Waals surface area contributed by atoms with Crippen LogP contribution in [0.15, 0.2) is 36.4 Å². The quantitative estimate of drug-likeness (QED) is 0.695. The van der Waals surface area contributed by atoms with Crippen molar-refractivity contribution in [2.75, 3.05) is 24.7 Å². The molecule has 0 saturated carbocycles. The second kappa shape index (κ2) is 6.02. The third kappa shape index (κ3) is 3.01. The Labute approximate surface area is 130 Å². The molecule has 2 rings (SSSR count). The molecule has 114 valence electrons. The summed E-state index contributed by atoms with van der Waals surface area (Å²) >= 11 is 0. The maximum atomic E-state index is 12.8. The topological polar surface area (TPSA) is 63.4 Å². The number of carbonyl (C=O) groups excluding carboxylic acids is 2. The van der Waals surface area contributed by atoms with Gasteiger partial charge in [0.25, 0.3) is 0 Å². The molecule has 4 heteroatoms. The van der Waals surface area contributed by atoms with Crippen LogP contribution in [0, 0.1) is 6.92 Å². The van der Waals surface area contributed by atoms with Crippen molar-refractivity contribution in [2.45, 2.75) is 13.8 Å². The molecule has 0 aromatic heterocycles. The molecule has 0 aliphatic rings. The fourth-order valence-corrected chi connectivity index (χ4v) is 2.38. The fraction of sp³-hybridized carbons (Fsp3) is 0.222. The van der Waals surface area contributed by atoms with Gasteiger partial charge in [0, 0.05) is 42.2 Å². The van der Waals surface area contributed by atoms with E-state index in [4.69, 9.17) is 5.73 Å². The molecule has 0 bridgehead atoms. The minimum atomic E-state index is -0.180. The highest BCUT2D eigenvalue weighted by molar-refractivity contribution is 6.16. The van der Waals surface area contributed by atoms with Gasteiger partial charge >= 0.3 is 0 Å². The minimum Gasteiger partial charge on any atom is -0.399 e. The van der Waals surface area contributed by atoms with E-state index in [1.165, 1.54) is 6.92 Å². The number of nitrogens with two attached hydrogens (primary N) is 1. The van der Waals surface area contributed by atoms with Gasteiger partial charge in [0.1, 0.15) is 0 Å². The average Bonchev–Trinajstić information content (AvgIpc) is 2.45. The molecule has 22 heavy (non-hydrogen) atoms. The van der Waals surface area contributed by atoms with Crippen LogP contribution in [-0.2, 0) is 0 Å². The summed E-state index contributed by atoms with van der Waals surface area (Å²) in [6.07, 6.45) is 0. The molecular weight excluding hydrogens is 276 g/mol. The van der Waals surface area contributed by atoms with E-state index >= 15 is 0 Å². The summed E-state index contributed by atoms with van der Waals surface area (Å²) in [5, 5.41) is 0. The van der Waals surface area contributed by atoms with Gasteiger partial charge in [-0.25, -0.2) is 0 Å². The Morgan fingerprint density at radius 2 is 1.59 bits per heavy atom. The van der Waals surface area contributed by atoms with Gasteiger partial charge in [-0.15, -0.1) is 0 Å². The molecule has 0 fully saturated rings. The van der Waals surface area contributed by atoms with Crippen molar-refractivity contribution in [3.63, 3.8) is 0 Å². The average molecular weight is 296 g/mol. The summed E-state index contributed by atoms with van der Waals surface area (Å²) in [4.78, 5) is 26.5. The van der Waals surface area contributed by atoms with Crippen LogP contribution in [-0.4, -0.2) is 25.7 Å². The number of ketones is 2. The number of carbonyl (C=O) groups is 2. The number of Topliss-reactive ketones (excluding diaryl/α,β-unsaturated/α-hetero) is 1. The van der Waals surface area contributed by atoms with E-state index in [1.807, 2.05) is 38.1 Å². The van der Waals surface area contributed by atoms with Crippen molar-refractivity contribution in [2.24, 2.45) is 0 Å². The molecule has 0 radical (unpaired) electrons. The van der Waals surface area contributed by atoms with E-state index in [2.05, 4.69) is 0 Å². The lowest BCUT2D eigenvalue weighted by Crippen LogP contribution is -2.12. The van der Waals surface area contributed by atoms with Crippen molar-refractivity contribution < 1.29 is 9.59 Å². The molecule has 0 spiro atoms. The first-order valence-electron chi connectivity index (χ1n) is 7.04. The van der Waals surface area contributed by atoms with Crippen LogP contribution in [0.3, 0.4) is 0 Å².